The fourth-order valence-corrected chi connectivity index (χ4v) is 9.33. The molecule has 7 nitrogen and oxygen atoms in total. The van der Waals surface area contributed by atoms with Crippen molar-refractivity contribution in [1.29, 1.82) is 0 Å². The molecule has 28 heavy (non-hydrogen) atoms. The molecule has 0 aliphatic rings. The smallest absolute Gasteiger partial charge is 0.407 e. The molecular weight excluding hydrogens is 394 g/mol. The van der Waals surface area contributed by atoms with Crippen LogP contribution in [-0.2, 0) is 17.7 Å². The van der Waals surface area contributed by atoms with Crippen LogP contribution in [0.2, 0.25) is 24.2 Å². The van der Waals surface area contributed by atoms with Crippen molar-refractivity contribution in [1.82, 2.24) is 4.90 Å². The van der Waals surface area contributed by atoms with Crippen LogP contribution in [0.3, 0.4) is 0 Å². The molecule has 0 aromatic heterocycles. The molecule has 0 aliphatic carbocycles. The minimum absolute atomic E-state index is 0.508. The van der Waals surface area contributed by atoms with Gasteiger partial charge in [0.15, 0.2) is 0 Å². The van der Waals surface area contributed by atoms with Gasteiger partial charge < -0.3 is 27.7 Å². The van der Waals surface area contributed by atoms with E-state index in [4.69, 9.17) is 17.7 Å². The molecule has 168 valence electrons. The molecule has 0 rings (SSSR count). The Balaban J connectivity index is 4.69. The highest BCUT2D eigenvalue weighted by atomic mass is 28.4. The Morgan fingerprint density at radius 3 is 1.25 bits per heavy atom. The standard InChI is InChI=1S/C19H43NO6Si2/c1-7-23-27(11-5,24-8-2)17-13-15-20(19(21)22)16-14-18-28(12-6,25-9-3)26-10-4/h7-18H2,1-6H3,(H,21,22). The summed E-state index contributed by atoms with van der Waals surface area (Å²) in [6.07, 6.45) is 0.660. The van der Waals surface area contributed by atoms with E-state index in [-0.39, 0.29) is 0 Å². The molecule has 0 atom stereocenters. The Labute approximate surface area is 174 Å². The minimum Gasteiger partial charge on any atom is -0.465 e. The summed E-state index contributed by atoms with van der Waals surface area (Å²) in [6, 6.07) is 3.41. The molecule has 0 saturated carbocycles. The lowest BCUT2D eigenvalue weighted by atomic mass is 10.4. The molecule has 0 bridgehead atoms. The van der Waals surface area contributed by atoms with Gasteiger partial charge in [-0.05, 0) is 64.7 Å². The SMILES string of the molecule is CCO[Si](CC)(CCCN(CCC[Si](CC)(OCC)OCC)C(=O)O)OCC. The molecule has 0 saturated heterocycles. The number of carbonyl (C=O) groups is 1. The summed E-state index contributed by atoms with van der Waals surface area (Å²) in [4.78, 5) is 13.2. The largest absolute Gasteiger partial charge is 0.465 e. The van der Waals surface area contributed by atoms with Gasteiger partial charge in [0.2, 0.25) is 0 Å². The molecule has 0 spiro atoms. The Morgan fingerprint density at radius 2 is 1.04 bits per heavy atom. The number of nitrogens with zero attached hydrogens (tertiary/aromatic N) is 1. The molecule has 0 heterocycles. The van der Waals surface area contributed by atoms with Crippen molar-refractivity contribution in [2.24, 2.45) is 0 Å². The highest BCUT2D eigenvalue weighted by Gasteiger charge is 2.36. The van der Waals surface area contributed by atoms with Gasteiger partial charge in [0.1, 0.15) is 0 Å². The van der Waals surface area contributed by atoms with Gasteiger partial charge in [0, 0.05) is 39.5 Å². The summed E-state index contributed by atoms with van der Waals surface area (Å²) in [6.45, 7) is 15.7. The van der Waals surface area contributed by atoms with Crippen molar-refractivity contribution < 1.29 is 27.6 Å². The molecule has 0 radical (unpaired) electrons. The lowest BCUT2D eigenvalue weighted by Crippen LogP contribution is -2.43. The van der Waals surface area contributed by atoms with Crippen LogP contribution < -0.4 is 0 Å². The molecule has 1 amide bonds. The van der Waals surface area contributed by atoms with E-state index >= 15 is 0 Å². The maximum Gasteiger partial charge on any atom is 0.407 e. The second-order valence-electron chi connectivity index (χ2n) is 6.74. The van der Waals surface area contributed by atoms with Crippen molar-refractivity contribution in [3.05, 3.63) is 0 Å². The second kappa shape index (κ2) is 15.4. The van der Waals surface area contributed by atoms with Crippen molar-refractivity contribution in [3.63, 3.8) is 0 Å². The van der Waals surface area contributed by atoms with Crippen molar-refractivity contribution in [2.75, 3.05) is 39.5 Å². The second-order valence-corrected chi connectivity index (χ2v) is 13.9. The molecule has 0 aliphatic heterocycles. The summed E-state index contributed by atoms with van der Waals surface area (Å²) in [5.41, 5.74) is 0. The number of carboxylic acid groups (broad SMARTS) is 1. The van der Waals surface area contributed by atoms with Gasteiger partial charge in [0.05, 0.1) is 0 Å². The predicted octanol–water partition coefficient (Wildman–Crippen LogP) is 4.82. The van der Waals surface area contributed by atoms with E-state index in [2.05, 4.69) is 13.8 Å². The summed E-state index contributed by atoms with van der Waals surface area (Å²) in [5, 5.41) is 9.58. The van der Waals surface area contributed by atoms with Crippen molar-refractivity contribution in [2.45, 2.75) is 78.6 Å². The van der Waals surface area contributed by atoms with E-state index in [0.717, 1.165) is 37.0 Å². The quantitative estimate of drug-likeness (QED) is 0.310. The third kappa shape index (κ3) is 9.84. The molecule has 9 heteroatoms. The summed E-state index contributed by atoms with van der Waals surface area (Å²) in [5.74, 6) is 0. The molecule has 0 unspecified atom stereocenters. The maximum atomic E-state index is 11.7. The first-order valence-electron chi connectivity index (χ1n) is 10.9. The molecule has 0 aromatic rings. The average molecular weight is 438 g/mol. The van der Waals surface area contributed by atoms with E-state index in [9.17, 15) is 9.90 Å². The van der Waals surface area contributed by atoms with E-state index in [0.29, 0.717) is 39.5 Å². The van der Waals surface area contributed by atoms with Crippen LogP contribution in [0, 0.1) is 0 Å². The van der Waals surface area contributed by atoms with Crippen LogP contribution in [0.15, 0.2) is 0 Å². The van der Waals surface area contributed by atoms with Gasteiger partial charge >= 0.3 is 23.2 Å². The molecular formula is C19H43NO6Si2. The van der Waals surface area contributed by atoms with Gasteiger partial charge in [-0.3, -0.25) is 0 Å². The summed E-state index contributed by atoms with van der Waals surface area (Å²) >= 11 is 0. The summed E-state index contributed by atoms with van der Waals surface area (Å²) in [7, 11) is -4.42. The first-order chi connectivity index (χ1) is 13.4. The monoisotopic (exact) mass is 437 g/mol. The highest BCUT2D eigenvalue weighted by molar-refractivity contribution is 6.67. The van der Waals surface area contributed by atoms with Gasteiger partial charge in [0.25, 0.3) is 0 Å². The minimum atomic E-state index is -2.21. The van der Waals surface area contributed by atoms with Gasteiger partial charge in [-0.2, -0.15) is 0 Å². The zero-order valence-electron chi connectivity index (χ0n) is 18.9. The van der Waals surface area contributed by atoms with Crippen molar-refractivity contribution in [3.8, 4) is 0 Å². The number of hydrogen-bond acceptors (Lipinski definition) is 5. The van der Waals surface area contributed by atoms with Gasteiger partial charge in [-0.1, -0.05) is 13.8 Å². The lowest BCUT2D eigenvalue weighted by Gasteiger charge is -2.31. The topological polar surface area (TPSA) is 77.5 Å². The number of hydrogen-bond donors (Lipinski definition) is 1. The van der Waals surface area contributed by atoms with Gasteiger partial charge in [-0.25, -0.2) is 4.79 Å². The van der Waals surface area contributed by atoms with Crippen LogP contribution in [0.1, 0.15) is 54.4 Å². The van der Waals surface area contributed by atoms with Crippen LogP contribution in [0.4, 0.5) is 4.79 Å². The molecule has 1 N–H and O–H groups in total. The number of rotatable bonds is 18. The third-order valence-corrected chi connectivity index (χ3v) is 12.6. The first kappa shape index (κ1) is 27.5. The zero-order chi connectivity index (χ0) is 21.5. The normalized spacial score (nSPS) is 12.4. The van der Waals surface area contributed by atoms with Crippen molar-refractivity contribution >= 4 is 23.2 Å². The zero-order valence-corrected chi connectivity index (χ0v) is 20.9. The predicted molar refractivity (Wildman–Crippen MR) is 117 cm³/mol. The van der Waals surface area contributed by atoms with Gasteiger partial charge in [-0.15, -0.1) is 0 Å². The Bertz CT molecular complexity index is 372. The van der Waals surface area contributed by atoms with Crippen LogP contribution in [-0.4, -0.2) is 72.7 Å². The average Bonchev–Trinajstić information content (AvgIpc) is 2.67. The molecule has 0 fully saturated rings. The van der Waals surface area contributed by atoms with E-state index in [1.54, 1.807) is 0 Å². The fraction of sp³-hybridized carbons (Fsp3) is 0.947. The van der Waals surface area contributed by atoms with Crippen LogP contribution in [0.5, 0.6) is 0 Å². The van der Waals surface area contributed by atoms with E-state index in [1.165, 1.54) is 4.90 Å². The Morgan fingerprint density at radius 1 is 0.714 bits per heavy atom. The highest BCUT2D eigenvalue weighted by Crippen LogP contribution is 2.23. The number of amides is 1. The molecule has 0 aromatic carbocycles. The summed E-state index contributed by atoms with van der Waals surface area (Å²) < 4.78 is 23.9. The Kier molecular flexibility index (Phi) is 15.1. The maximum absolute atomic E-state index is 11.7. The third-order valence-electron chi connectivity index (χ3n) is 4.95. The van der Waals surface area contributed by atoms with Crippen LogP contribution >= 0.6 is 0 Å². The van der Waals surface area contributed by atoms with Crippen LogP contribution in [0.25, 0.3) is 0 Å². The fourth-order valence-electron chi connectivity index (χ4n) is 3.57. The lowest BCUT2D eigenvalue weighted by molar-refractivity contribution is 0.141. The van der Waals surface area contributed by atoms with E-state index < -0.39 is 23.2 Å². The van der Waals surface area contributed by atoms with E-state index in [1.807, 2.05) is 27.7 Å². The Hall–Kier alpha value is -0.456. The first-order valence-corrected chi connectivity index (χ1v) is 15.4.